The van der Waals surface area contributed by atoms with Crippen molar-refractivity contribution in [1.82, 2.24) is 10.2 Å². The van der Waals surface area contributed by atoms with Crippen LogP contribution in [0.2, 0.25) is 0 Å². The number of nitrogens with one attached hydrogen (secondary N) is 1. The predicted octanol–water partition coefficient (Wildman–Crippen LogP) is 1.18. The van der Waals surface area contributed by atoms with Gasteiger partial charge in [0, 0.05) is 26.1 Å². The zero-order chi connectivity index (χ0) is 14.2. The molecule has 0 aromatic rings. The zero-order valence-corrected chi connectivity index (χ0v) is 12.2. The van der Waals surface area contributed by atoms with Gasteiger partial charge in [0.25, 0.3) is 0 Å². The molecule has 18 heavy (non-hydrogen) atoms. The molecule has 0 aliphatic carbocycles. The molecule has 2 amide bonds. The van der Waals surface area contributed by atoms with E-state index in [9.17, 15) is 9.59 Å². The fourth-order valence-corrected chi connectivity index (χ4v) is 1.38. The van der Waals surface area contributed by atoms with E-state index in [0.29, 0.717) is 26.1 Å². The lowest BCUT2D eigenvalue weighted by Gasteiger charge is -2.20. The Kier molecular flexibility index (Phi) is 7.59. The van der Waals surface area contributed by atoms with Crippen LogP contribution < -0.4 is 5.32 Å². The fourth-order valence-electron chi connectivity index (χ4n) is 1.38. The Hall–Kier alpha value is -1.10. The molecule has 0 atom stereocenters. The van der Waals surface area contributed by atoms with Crippen molar-refractivity contribution in [3.05, 3.63) is 0 Å². The Bertz CT molecular complexity index is 268. The van der Waals surface area contributed by atoms with Crippen LogP contribution in [0.4, 0.5) is 0 Å². The van der Waals surface area contributed by atoms with Crippen LogP contribution in [0.25, 0.3) is 0 Å². The Morgan fingerprint density at radius 2 is 1.72 bits per heavy atom. The van der Waals surface area contributed by atoms with Gasteiger partial charge in [0.2, 0.25) is 11.8 Å². The van der Waals surface area contributed by atoms with Crippen LogP contribution in [-0.2, 0) is 14.3 Å². The lowest BCUT2D eigenvalue weighted by atomic mass is 10.2. The van der Waals surface area contributed by atoms with E-state index < -0.39 is 0 Å². The van der Waals surface area contributed by atoms with Crippen molar-refractivity contribution < 1.29 is 14.3 Å². The summed E-state index contributed by atoms with van der Waals surface area (Å²) < 4.78 is 5.33. The van der Waals surface area contributed by atoms with Gasteiger partial charge in [-0.15, -0.1) is 0 Å². The molecule has 0 spiro atoms. The average Bonchev–Trinajstić information content (AvgIpc) is 2.27. The lowest BCUT2D eigenvalue weighted by molar-refractivity contribution is -0.132. The Balaban J connectivity index is 3.78. The number of carbonyl (C=O) groups is 2. The molecule has 0 unspecified atom stereocenters. The van der Waals surface area contributed by atoms with E-state index in [2.05, 4.69) is 5.32 Å². The molecule has 0 radical (unpaired) electrons. The number of carbonyl (C=O) groups excluding carboxylic acids is 2. The first kappa shape index (κ1) is 16.9. The van der Waals surface area contributed by atoms with E-state index in [-0.39, 0.29) is 24.0 Å². The van der Waals surface area contributed by atoms with Crippen LogP contribution in [0.1, 0.15) is 41.0 Å². The molecular weight excluding hydrogens is 232 g/mol. The molecule has 106 valence electrons. The third-order valence-electron chi connectivity index (χ3n) is 2.41. The molecule has 5 heteroatoms. The zero-order valence-electron chi connectivity index (χ0n) is 12.2. The monoisotopic (exact) mass is 258 g/mol. The second-order valence-corrected chi connectivity index (χ2v) is 5.07. The number of ether oxygens (including phenoxy) is 1. The van der Waals surface area contributed by atoms with E-state index >= 15 is 0 Å². The summed E-state index contributed by atoms with van der Waals surface area (Å²) in [5, 5.41) is 2.68. The molecular formula is C13H26N2O3. The number of hydrogen-bond acceptors (Lipinski definition) is 3. The minimum atomic E-state index is -0.325. The SMILES string of the molecule is CCN(CC)C(=O)CCNC(=O)COC(C)(C)C. The van der Waals surface area contributed by atoms with Gasteiger partial charge in [-0.05, 0) is 34.6 Å². The van der Waals surface area contributed by atoms with Gasteiger partial charge in [0.15, 0.2) is 0 Å². The molecule has 0 fully saturated rings. The van der Waals surface area contributed by atoms with Crippen LogP contribution in [0.5, 0.6) is 0 Å². The third-order valence-corrected chi connectivity index (χ3v) is 2.41. The van der Waals surface area contributed by atoms with Gasteiger partial charge in [0.05, 0.1) is 5.60 Å². The molecule has 0 saturated carbocycles. The van der Waals surface area contributed by atoms with Gasteiger partial charge in [-0.2, -0.15) is 0 Å². The maximum Gasteiger partial charge on any atom is 0.246 e. The summed E-state index contributed by atoms with van der Waals surface area (Å²) in [5.74, 6) is -0.116. The highest BCUT2D eigenvalue weighted by atomic mass is 16.5. The summed E-state index contributed by atoms with van der Waals surface area (Å²) in [6.45, 7) is 11.4. The number of rotatable bonds is 7. The topological polar surface area (TPSA) is 58.6 Å². The molecule has 0 aliphatic rings. The molecule has 5 nitrogen and oxygen atoms in total. The lowest BCUT2D eigenvalue weighted by Crippen LogP contribution is -2.36. The van der Waals surface area contributed by atoms with Crippen molar-refractivity contribution in [3.63, 3.8) is 0 Å². The van der Waals surface area contributed by atoms with Crippen molar-refractivity contribution in [2.45, 2.75) is 46.6 Å². The molecule has 0 saturated heterocycles. The number of nitrogens with zero attached hydrogens (tertiary/aromatic N) is 1. The van der Waals surface area contributed by atoms with Gasteiger partial charge in [-0.25, -0.2) is 0 Å². The first-order valence-corrected chi connectivity index (χ1v) is 6.48. The summed E-state index contributed by atoms with van der Waals surface area (Å²) in [6.07, 6.45) is 0.336. The molecule has 0 bridgehead atoms. The molecule has 0 rings (SSSR count). The third kappa shape index (κ3) is 8.06. The van der Waals surface area contributed by atoms with E-state index in [1.54, 1.807) is 4.90 Å². The fraction of sp³-hybridized carbons (Fsp3) is 0.846. The van der Waals surface area contributed by atoms with Crippen LogP contribution in [0.3, 0.4) is 0 Å². The number of amides is 2. The smallest absolute Gasteiger partial charge is 0.246 e. The van der Waals surface area contributed by atoms with Gasteiger partial charge in [0.1, 0.15) is 6.61 Å². The van der Waals surface area contributed by atoms with Crippen LogP contribution in [0, 0.1) is 0 Å². The second-order valence-electron chi connectivity index (χ2n) is 5.07. The average molecular weight is 258 g/mol. The van der Waals surface area contributed by atoms with Crippen molar-refractivity contribution in [1.29, 1.82) is 0 Å². The Morgan fingerprint density at radius 1 is 1.17 bits per heavy atom. The van der Waals surface area contributed by atoms with Gasteiger partial charge >= 0.3 is 0 Å². The minimum absolute atomic E-state index is 0.0307. The van der Waals surface area contributed by atoms with Crippen molar-refractivity contribution >= 4 is 11.8 Å². The van der Waals surface area contributed by atoms with Gasteiger partial charge in [-0.1, -0.05) is 0 Å². The Morgan fingerprint density at radius 3 is 2.17 bits per heavy atom. The summed E-state index contributed by atoms with van der Waals surface area (Å²) in [6, 6.07) is 0. The summed E-state index contributed by atoms with van der Waals surface area (Å²) >= 11 is 0. The summed E-state index contributed by atoms with van der Waals surface area (Å²) in [4.78, 5) is 24.8. The molecule has 0 heterocycles. The second kappa shape index (κ2) is 8.08. The summed E-state index contributed by atoms with van der Waals surface area (Å²) in [5.41, 5.74) is -0.325. The molecule has 0 aromatic heterocycles. The normalized spacial score (nSPS) is 11.2. The maximum absolute atomic E-state index is 11.6. The van der Waals surface area contributed by atoms with Crippen molar-refractivity contribution in [2.24, 2.45) is 0 Å². The highest BCUT2D eigenvalue weighted by Gasteiger charge is 2.13. The summed E-state index contributed by atoms with van der Waals surface area (Å²) in [7, 11) is 0. The molecule has 0 aromatic carbocycles. The maximum atomic E-state index is 11.6. The van der Waals surface area contributed by atoms with Crippen LogP contribution >= 0.6 is 0 Å². The quantitative estimate of drug-likeness (QED) is 0.746. The largest absolute Gasteiger partial charge is 0.366 e. The first-order chi connectivity index (χ1) is 8.30. The van der Waals surface area contributed by atoms with Gasteiger partial charge < -0.3 is 15.0 Å². The van der Waals surface area contributed by atoms with Crippen LogP contribution in [-0.4, -0.2) is 48.6 Å². The first-order valence-electron chi connectivity index (χ1n) is 6.48. The van der Waals surface area contributed by atoms with Crippen LogP contribution in [0.15, 0.2) is 0 Å². The van der Waals surface area contributed by atoms with Gasteiger partial charge in [-0.3, -0.25) is 9.59 Å². The van der Waals surface area contributed by atoms with E-state index in [4.69, 9.17) is 4.74 Å². The molecule has 1 N–H and O–H groups in total. The van der Waals surface area contributed by atoms with E-state index in [1.807, 2.05) is 34.6 Å². The highest BCUT2D eigenvalue weighted by molar-refractivity contribution is 5.79. The highest BCUT2D eigenvalue weighted by Crippen LogP contribution is 2.05. The van der Waals surface area contributed by atoms with E-state index in [1.165, 1.54) is 0 Å². The Labute approximate surface area is 110 Å². The number of hydrogen-bond donors (Lipinski definition) is 1. The van der Waals surface area contributed by atoms with Crippen molar-refractivity contribution in [2.75, 3.05) is 26.2 Å². The predicted molar refractivity (Wildman–Crippen MR) is 71.3 cm³/mol. The standard InChI is InChI=1S/C13H26N2O3/c1-6-15(7-2)12(17)8-9-14-11(16)10-18-13(3,4)5/h6-10H2,1-5H3,(H,14,16). The van der Waals surface area contributed by atoms with E-state index in [0.717, 1.165) is 0 Å². The van der Waals surface area contributed by atoms with Crippen molar-refractivity contribution in [3.8, 4) is 0 Å². The minimum Gasteiger partial charge on any atom is -0.366 e. The molecule has 0 aliphatic heterocycles.